The highest BCUT2D eigenvalue weighted by Gasteiger charge is 2.17. The summed E-state index contributed by atoms with van der Waals surface area (Å²) in [6, 6.07) is 0. The smallest absolute Gasteiger partial charge is 0.0806 e. The summed E-state index contributed by atoms with van der Waals surface area (Å²) in [6.07, 6.45) is 3.42. The molecule has 0 bridgehead atoms. The van der Waals surface area contributed by atoms with Gasteiger partial charge in [-0.2, -0.15) is 0 Å². The van der Waals surface area contributed by atoms with E-state index in [-0.39, 0.29) is 0 Å². The Morgan fingerprint density at radius 2 is 1.50 bits per heavy atom. The zero-order chi connectivity index (χ0) is 9.45. The van der Waals surface area contributed by atoms with Crippen LogP contribution < -0.4 is 0 Å². The minimum atomic E-state index is 0.335. The molecule has 0 heterocycles. The van der Waals surface area contributed by atoms with Gasteiger partial charge in [0.05, 0.1) is 26.7 Å². The zero-order valence-corrected chi connectivity index (χ0v) is 8.84. The second-order valence-electron chi connectivity index (χ2n) is 3.87. The number of rotatable bonds is 7. The van der Waals surface area contributed by atoms with Crippen molar-refractivity contribution in [1.29, 1.82) is 0 Å². The van der Waals surface area contributed by atoms with Crippen LogP contribution >= 0.6 is 0 Å². The summed E-state index contributed by atoms with van der Waals surface area (Å²) in [6.45, 7) is 8.40. The Morgan fingerprint density at radius 1 is 1.00 bits per heavy atom. The largest absolute Gasteiger partial charge is 0.396 e. The third kappa shape index (κ3) is 4.73. The highest BCUT2D eigenvalue weighted by Crippen LogP contribution is 2.06. The third-order valence-electron chi connectivity index (χ3n) is 2.38. The molecule has 12 heavy (non-hydrogen) atoms. The van der Waals surface area contributed by atoms with E-state index in [1.165, 1.54) is 25.9 Å². The number of nitrogens with zero attached hydrogens (tertiary/aromatic N) is 1. The maximum atomic E-state index is 8.76. The highest BCUT2D eigenvalue weighted by atomic mass is 16.3. The van der Waals surface area contributed by atoms with Crippen LogP contribution in [0.1, 0.15) is 33.1 Å². The molecule has 0 aliphatic heterocycles. The van der Waals surface area contributed by atoms with E-state index in [1.807, 2.05) is 0 Å². The summed E-state index contributed by atoms with van der Waals surface area (Å²) in [4.78, 5) is 0. The van der Waals surface area contributed by atoms with Crippen LogP contribution in [0.5, 0.6) is 0 Å². The van der Waals surface area contributed by atoms with Crippen LogP contribution in [0, 0.1) is 0 Å². The van der Waals surface area contributed by atoms with Gasteiger partial charge in [0.2, 0.25) is 0 Å². The molecule has 0 unspecified atom stereocenters. The molecule has 0 atom stereocenters. The van der Waals surface area contributed by atoms with Crippen LogP contribution in [0.2, 0.25) is 0 Å². The molecule has 2 heteroatoms. The Labute approximate surface area is 76.8 Å². The molecule has 0 fully saturated rings. The van der Waals surface area contributed by atoms with Gasteiger partial charge in [0.25, 0.3) is 0 Å². The molecule has 0 aromatic heterocycles. The van der Waals surface area contributed by atoms with E-state index < -0.39 is 0 Å². The lowest BCUT2D eigenvalue weighted by Crippen LogP contribution is -2.46. The Bertz CT molecular complexity index is 98.0. The first kappa shape index (κ1) is 11.9. The molecule has 2 nitrogen and oxygen atoms in total. The van der Waals surface area contributed by atoms with Gasteiger partial charge < -0.3 is 9.59 Å². The summed E-state index contributed by atoms with van der Waals surface area (Å²) in [5.41, 5.74) is 0. The second-order valence-corrected chi connectivity index (χ2v) is 3.87. The quantitative estimate of drug-likeness (QED) is 0.582. The van der Waals surface area contributed by atoms with E-state index >= 15 is 0 Å². The Kier molecular flexibility index (Phi) is 6.39. The van der Waals surface area contributed by atoms with Gasteiger partial charge in [-0.3, -0.25) is 0 Å². The standard InChI is InChI=1S/C10H24NO/c1-4-7-11(3,8-5-2)9-6-10-12/h12H,4-10H2,1-3H3/q+1. The molecule has 1 N–H and O–H groups in total. The molecular weight excluding hydrogens is 150 g/mol. The van der Waals surface area contributed by atoms with E-state index in [0.717, 1.165) is 17.4 Å². The fourth-order valence-electron chi connectivity index (χ4n) is 1.87. The minimum Gasteiger partial charge on any atom is -0.396 e. The Hall–Kier alpha value is -0.0800. The van der Waals surface area contributed by atoms with Crippen molar-refractivity contribution >= 4 is 0 Å². The maximum Gasteiger partial charge on any atom is 0.0806 e. The average molecular weight is 174 g/mol. The first-order chi connectivity index (χ1) is 5.68. The van der Waals surface area contributed by atoms with Gasteiger partial charge in [-0.25, -0.2) is 0 Å². The first-order valence-corrected chi connectivity index (χ1v) is 5.13. The number of aliphatic hydroxyl groups is 1. The Balaban J connectivity index is 3.80. The van der Waals surface area contributed by atoms with Crippen LogP contribution in [-0.2, 0) is 0 Å². The van der Waals surface area contributed by atoms with E-state index in [0.29, 0.717) is 6.61 Å². The summed E-state index contributed by atoms with van der Waals surface area (Å²) < 4.78 is 1.13. The molecular formula is C10H24NO+. The van der Waals surface area contributed by atoms with Gasteiger partial charge in [-0.05, 0) is 12.8 Å². The number of aliphatic hydroxyl groups excluding tert-OH is 1. The fourth-order valence-corrected chi connectivity index (χ4v) is 1.87. The van der Waals surface area contributed by atoms with E-state index in [4.69, 9.17) is 5.11 Å². The predicted molar refractivity (Wildman–Crippen MR) is 53.1 cm³/mol. The lowest BCUT2D eigenvalue weighted by atomic mass is 10.2. The van der Waals surface area contributed by atoms with E-state index in [2.05, 4.69) is 20.9 Å². The summed E-state index contributed by atoms with van der Waals surface area (Å²) in [7, 11) is 2.29. The van der Waals surface area contributed by atoms with Gasteiger partial charge >= 0.3 is 0 Å². The average Bonchev–Trinajstić information content (AvgIpc) is 2.02. The van der Waals surface area contributed by atoms with Gasteiger partial charge in [-0.1, -0.05) is 13.8 Å². The van der Waals surface area contributed by atoms with Crippen molar-refractivity contribution < 1.29 is 9.59 Å². The molecule has 0 aromatic carbocycles. The number of quaternary nitrogens is 1. The minimum absolute atomic E-state index is 0.335. The van der Waals surface area contributed by atoms with E-state index in [1.54, 1.807) is 0 Å². The number of hydrogen-bond acceptors (Lipinski definition) is 1. The normalized spacial score (nSPS) is 12.0. The molecule has 0 amide bonds. The van der Waals surface area contributed by atoms with Crippen LogP contribution in [-0.4, -0.2) is 42.9 Å². The zero-order valence-electron chi connectivity index (χ0n) is 8.84. The van der Waals surface area contributed by atoms with Crippen LogP contribution in [0.15, 0.2) is 0 Å². The van der Waals surface area contributed by atoms with Crippen molar-refractivity contribution in [3.05, 3.63) is 0 Å². The molecule has 0 spiro atoms. The predicted octanol–water partition coefficient (Wildman–Crippen LogP) is 1.64. The van der Waals surface area contributed by atoms with Crippen molar-refractivity contribution in [1.82, 2.24) is 0 Å². The molecule has 0 rings (SSSR count). The lowest BCUT2D eigenvalue weighted by molar-refractivity contribution is -0.909. The lowest BCUT2D eigenvalue weighted by Gasteiger charge is -2.34. The van der Waals surface area contributed by atoms with Crippen molar-refractivity contribution in [2.75, 3.05) is 33.3 Å². The fraction of sp³-hybridized carbons (Fsp3) is 1.00. The molecule has 0 aliphatic rings. The molecule has 0 saturated heterocycles. The van der Waals surface area contributed by atoms with Gasteiger partial charge in [0, 0.05) is 13.0 Å². The SMILES string of the molecule is CCC[N+](C)(CCC)CCCO. The first-order valence-electron chi connectivity index (χ1n) is 5.13. The van der Waals surface area contributed by atoms with E-state index in [9.17, 15) is 0 Å². The maximum absolute atomic E-state index is 8.76. The summed E-state index contributed by atoms with van der Waals surface area (Å²) in [5, 5.41) is 8.76. The topological polar surface area (TPSA) is 20.2 Å². The van der Waals surface area contributed by atoms with Crippen LogP contribution in [0.4, 0.5) is 0 Å². The van der Waals surface area contributed by atoms with Gasteiger partial charge in [-0.15, -0.1) is 0 Å². The third-order valence-corrected chi connectivity index (χ3v) is 2.38. The number of hydrogen-bond donors (Lipinski definition) is 1. The van der Waals surface area contributed by atoms with Crippen molar-refractivity contribution in [2.24, 2.45) is 0 Å². The van der Waals surface area contributed by atoms with Crippen LogP contribution in [0.25, 0.3) is 0 Å². The van der Waals surface area contributed by atoms with Crippen molar-refractivity contribution in [2.45, 2.75) is 33.1 Å². The van der Waals surface area contributed by atoms with Crippen molar-refractivity contribution in [3.63, 3.8) is 0 Å². The molecule has 0 aromatic rings. The second kappa shape index (κ2) is 6.44. The molecule has 0 aliphatic carbocycles. The molecule has 74 valence electrons. The highest BCUT2D eigenvalue weighted by molar-refractivity contribution is 4.40. The van der Waals surface area contributed by atoms with Gasteiger partial charge in [0.1, 0.15) is 0 Å². The monoisotopic (exact) mass is 174 g/mol. The molecule has 0 saturated carbocycles. The van der Waals surface area contributed by atoms with Gasteiger partial charge in [0.15, 0.2) is 0 Å². The summed E-state index contributed by atoms with van der Waals surface area (Å²) >= 11 is 0. The van der Waals surface area contributed by atoms with Crippen LogP contribution in [0.3, 0.4) is 0 Å². The molecule has 0 radical (unpaired) electrons. The summed E-state index contributed by atoms with van der Waals surface area (Å²) in [5.74, 6) is 0. The Morgan fingerprint density at radius 3 is 1.83 bits per heavy atom. The van der Waals surface area contributed by atoms with Crippen molar-refractivity contribution in [3.8, 4) is 0 Å².